The van der Waals surface area contributed by atoms with Crippen molar-refractivity contribution in [3.8, 4) is 0 Å². The van der Waals surface area contributed by atoms with Crippen molar-refractivity contribution in [2.75, 3.05) is 0 Å². The summed E-state index contributed by atoms with van der Waals surface area (Å²) in [7, 11) is 0. The Morgan fingerprint density at radius 3 is 3.14 bits per heavy atom. The fourth-order valence-corrected chi connectivity index (χ4v) is 2.23. The normalized spacial score (nSPS) is 19.6. The molecule has 1 unspecified atom stereocenters. The summed E-state index contributed by atoms with van der Waals surface area (Å²) in [5.41, 5.74) is 2.53. The molecule has 0 aliphatic carbocycles. The first-order valence-electron chi connectivity index (χ1n) is 5.09. The summed E-state index contributed by atoms with van der Waals surface area (Å²) >= 11 is 0. The highest BCUT2D eigenvalue weighted by Crippen LogP contribution is 2.28. The number of hydrogen-bond donors (Lipinski definition) is 1. The van der Waals surface area contributed by atoms with E-state index >= 15 is 0 Å². The molecule has 1 aromatic heterocycles. The van der Waals surface area contributed by atoms with E-state index in [9.17, 15) is 4.79 Å². The molecule has 0 saturated heterocycles. The third-order valence-corrected chi connectivity index (χ3v) is 2.94. The van der Waals surface area contributed by atoms with Crippen molar-refractivity contribution in [1.29, 1.82) is 0 Å². The van der Waals surface area contributed by atoms with Crippen LogP contribution in [-0.2, 0) is 17.6 Å². The van der Waals surface area contributed by atoms with E-state index in [0.29, 0.717) is 12.5 Å². The molecule has 1 atom stereocenters. The van der Waals surface area contributed by atoms with E-state index in [1.165, 1.54) is 17.8 Å². The van der Waals surface area contributed by atoms with Crippen molar-refractivity contribution in [3.05, 3.63) is 23.5 Å². The second kappa shape index (κ2) is 3.48. The number of carboxylic acid groups (broad SMARTS) is 1. The topological polar surface area (TPSA) is 42.2 Å². The molecule has 1 N–H and O–H groups in total. The molecule has 0 bridgehead atoms. The van der Waals surface area contributed by atoms with Crippen LogP contribution in [0.15, 0.2) is 12.1 Å². The van der Waals surface area contributed by atoms with Crippen molar-refractivity contribution in [2.24, 2.45) is 0 Å². The molecule has 2 heterocycles. The van der Waals surface area contributed by atoms with Crippen molar-refractivity contribution >= 4 is 5.97 Å². The minimum atomic E-state index is -0.716. The van der Waals surface area contributed by atoms with Gasteiger partial charge in [-0.15, -0.1) is 0 Å². The molecule has 1 aromatic rings. The van der Waals surface area contributed by atoms with Gasteiger partial charge in [0.05, 0.1) is 6.42 Å². The Kier molecular flexibility index (Phi) is 2.32. The van der Waals surface area contributed by atoms with Crippen molar-refractivity contribution in [2.45, 2.75) is 38.6 Å². The standard InChI is InChI=1S/C11H15NO2/c1-8-2-3-9-4-5-10(12(8)9)6-7-11(13)14/h4-5,8H,2-3,6-7H2,1H3,(H,13,14). The zero-order chi connectivity index (χ0) is 10.1. The largest absolute Gasteiger partial charge is 0.481 e. The Hall–Kier alpha value is -1.25. The first-order valence-corrected chi connectivity index (χ1v) is 5.09. The van der Waals surface area contributed by atoms with Gasteiger partial charge in [0.15, 0.2) is 0 Å². The van der Waals surface area contributed by atoms with Gasteiger partial charge in [0.25, 0.3) is 0 Å². The van der Waals surface area contributed by atoms with E-state index in [2.05, 4.69) is 23.6 Å². The van der Waals surface area contributed by atoms with E-state index < -0.39 is 5.97 Å². The van der Waals surface area contributed by atoms with Crippen LogP contribution in [-0.4, -0.2) is 15.6 Å². The quantitative estimate of drug-likeness (QED) is 0.797. The predicted octanol–water partition coefficient (Wildman–Crippen LogP) is 2.01. The predicted molar refractivity (Wildman–Crippen MR) is 53.4 cm³/mol. The minimum Gasteiger partial charge on any atom is -0.481 e. The monoisotopic (exact) mass is 193 g/mol. The SMILES string of the molecule is CC1CCc2ccc(CCC(=O)O)n21. The molecular formula is C11H15NO2. The van der Waals surface area contributed by atoms with Crippen LogP contribution in [0.3, 0.4) is 0 Å². The molecule has 0 radical (unpaired) electrons. The molecular weight excluding hydrogens is 178 g/mol. The maximum Gasteiger partial charge on any atom is 0.303 e. The van der Waals surface area contributed by atoms with Crippen molar-refractivity contribution in [1.82, 2.24) is 4.57 Å². The Balaban J connectivity index is 2.15. The molecule has 76 valence electrons. The van der Waals surface area contributed by atoms with E-state index in [4.69, 9.17) is 5.11 Å². The Bertz CT molecular complexity index is 354. The van der Waals surface area contributed by atoms with Crippen LogP contribution in [0.25, 0.3) is 0 Å². The summed E-state index contributed by atoms with van der Waals surface area (Å²) in [6.45, 7) is 2.20. The zero-order valence-corrected chi connectivity index (χ0v) is 8.36. The minimum absolute atomic E-state index is 0.232. The van der Waals surface area contributed by atoms with Crippen molar-refractivity contribution < 1.29 is 9.90 Å². The Labute approximate surface area is 83.4 Å². The van der Waals surface area contributed by atoms with E-state index in [1.807, 2.05) is 0 Å². The number of rotatable bonds is 3. The first-order chi connectivity index (χ1) is 6.68. The van der Waals surface area contributed by atoms with Gasteiger partial charge in [-0.25, -0.2) is 0 Å². The van der Waals surface area contributed by atoms with Gasteiger partial charge in [0.1, 0.15) is 0 Å². The fraction of sp³-hybridized carbons (Fsp3) is 0.545. The summed E-state index contributed by atoms with van der Waals surface area (Å²) in [6.07, 6.45) is 3.21. The smallest absolute Gasteiger partial charge is 0.303 e. The summed E-state index contributed by atoms with van der Waals surface area (Å²) in [5, 5.41) is 8.62. The maximum atomic E-state index is 10.5. The van der Waals surface area contributed by atoms with Crippen LogP contribution in [0.2, 0.25) is 0 Å². The van der Waals surface area contributed by atoms with Gasteiger partial charge in [-0.05, 0) is 38.3 Å². The van der Waals surface area contributed by atoms with Crippen LogP contribution < -0.4 is 0 Å². The van der Waals surface area contributed by atoms with Gasteiger partial charge >= 0.3 is 5.97 Å². The summed E-state index contributed by atoms with van der Waals surface area (Å²) < 4.78 is 2.29. The first kappa shape index (κ1) is 9.31. The maximum absolute atomic E-state index is 10.5. The summed E-state index contributed by atoms with van der Waals surface area (Å²) in [4.78, 5) is 10.5. The lowest BCUT2D eigenvalue weighted by atomic mass is 10.2. The van der Waals surface area contributed by atoms with Crippen molar-refractivity contribution in [3.63, 3.8) is 0 Å². The van der Waals surface area contributed by atoms with Crippen LogP contribution in [0.5, 0.6) is 0 Å². The molecule has 2 rings (SSSR count). The third kappa shape index (κ3) is 1.54. The third-order valence-electron chi connectivity index (χ3n) is 2.94. The number of aromatic nitrogens is 1. The van der Waals surface area contributed by atoms with Gasteiger partial charge in [-0.3, -0.25) is 4.79 Å². The molecule has 0 fully saturated rings. The lowest BCUT2D eigenvalue weighted by molar-refractivity contribution is -0.136. The van der Waals surface area contributed by atoms with Crippen LogP contribution >= 0.6 is 0 Å². The summed E-state index contributed by atoms with van der Waals surface area (Å²) in [5.74, 6) is -0.716. The molecule has 1 aliphatic rings. The number of carboxylic acids is 1. The molecule has 1 aliphatic heterocycles. The van der Waals surface area contributed by atoms with Gasteiger partial charge in [0.2, 0.25) is 0 Å². The van der Waals surface area contributed by atoms with E-state index in [-0.39, 0.29) is 6.42 Å². The summed E-state index contributed by atoms with van der Waals surface area (Å²) in [6, 6.07) is 4.73. The van der Waals surface area contributed by atoms with Gasteiger partial charge in [-0.2, -0.15) is 0 Å². The fourth-order valence-electron chi connectivity index (χ4n) is 2.23. The molecule has 14 heavy (non-hydrogen) atoms. The molecule has 3 nitrogen and oxygen atoms in total. The number of fused-ring (bicyclic) bond motifs is 1. The van der Waals surface area contributed by atoms with Crippen LogP contribution in [0.4, 0.5) is 0 Å². The van der Waals surface area contributed by atoms with Crippen LogP contribution in [0.1, 0.15) is 37.2 Å². The number of hydrogen-bond acceptors (Lipinski definition) is 1. The highest BCUT2D eigenvalue weighted by molar-refractivity contribution is 5.67. The average Bonchev–Trinajstić information content (AvgIpc) is 2.66. The van der Waals surface area contributed by atoms with E-state index in [1.54, 1.807) is 0 Å². The molecule has 0 saturated carbocycles. The second-order valence-electron chi connectivity index (χ2n) is 3.97. The van der Waals surface area contributed by atoms with Gasteiger partial charge in [0, 0.05) is 17.4 Å². The molecule has 0 spiro atoms. The second-order valence-corrected chi connectivity index (χ2v) is 3.97. The number of aliphatic carboxylic acids is 1. The lowest BCUT2D eigenvalue weighted by Gasteiger charge is -2.11. The van der Waals surface area contributed by atoms with E-state index in [0.717, 1.165) is 6.42 Å². The number of aryl methyl sites for hydroxylation is 2. The van der Waals surface area contributed by atoms with Crippen LogP contribution in [0, 0.1) is 0 Å². The highest BCUT2D eigenvalue weighted by atomic mass is 16.4. The Morgan fingerprint density at radius 1 is 1.64 bits per heavy atom. The van der Waals surface area contributed by atoms with Gasteiger partial charge < -0.3 is 9.67 Å². The number of nitrogens with zero attached hydrogens (tertiary/aromatic N) is 1. The average molecular weight is 193 g/mol. The molecule has 0 aromatic carbocycles. The Morgan fingerprint density at radius 2 is 2.43 bits per heavy atom. The molecule has 0 amide bonds. The van der Waals surface area contributed by atoms with Gasteiger partial charge in [-0.1, -0.05) is 0 Å². The zero-order valence-electron chi connectivity index (χ0n) is 8.36. The number of carbonyl (C=O) groups is 1. The highest BCUT2D eigenvalue weighted by Gasteiger charge is 2.20. The lowest BCUT2D eigenvalue weighted by Crippen LogP contribution is -2.06. The molecule has 3 heteroatoms.